The van der Waals surface area contributed by atoms with Crippen molar-refractivity contribution in [2.24, 2.45) is 5.41 Å². The summed E-state index contributed by atoms with van der Waals surface area (Å²) in [4.78, 5) is 13.9. The molecule has 0 unspecified atom stereocenters. The molecule has 1 heterocycles. The number of amides is 1. The number of carbonyl (C=O) groups is 1. The molecule has 0 spiro atoms. The van der Waals surface area contributed by atoms with Crippen molar-refractivity contribution in [3.63, 3.8) is 0 Å². The fourth-order valence-corrected chi connectivity index (χ4v) is 1.70. The van der Waals surface area contributed by atoms with Crippen LogP contribution in [0.3, 0.4) is 0 Å². The Balaban J connectivity index is 0.00000169. The van der Waals surface area contributed by atoms with E-state index in [1.807, 2.05) is 25.7 Å². The summed E-state index contributed by atoms with van der Waals surface area (Å²) in [5, 5.41) is 0. The van der Waals surface area contributed by atoms with Crippen molar-refractivity contribution in [2.75, 3.05) is 13.1 Å². The van der Waals surface area contributed by atoms with Gasteiger partial charge in [0.1, 0.15) is 0 Å². The molecule has 0 radical (unpaired) electrons. The van der Waals surface area contributed by atoms with Crippen molar-refractivity contribution < 1.29 is 22.2 Å². The van der Waals surface area contributed by atoms with E-state index in [2.05, 4.69) is 6.92 Å². The van der Waals surface area contributed by atoms with Gasteiger partial charge in [0.15, 0.2) is 0 Å². The van der Waals surface area contributed by atoms with Crippen LogP contribution in [0.25, 0.3) is 0 Å². The van der Waals surface area contributed by atoms with Gasteiger partial charge in [-0.05, 0) is 0 Å². The van der Waals surface area contributed by atoms with Gasteiger partial charge in [0.25, 0.3) is 0 Å². The van der Waals surface area contributed by atoms with Crippen LogP contribution in [-0.4, -0.2) is 23.9 Å². The number of hydrogen-bond donors (Lipinski definition) is 0. The first-order valence-electron chi connectivity index (χ1n) is 5.02. The summed E-state index contributed by atoms with van der Waals surface area (Å²) in [7, 11) is 0. The largest absolute Gasteiger partial charge is 0.372 e. The van der Waals surface area contributed by atoms with Gasteiger partial charge in [0.2, 0.25) is 5.91 Å². The molecule has 0 saturated carbocycles. The van der Waals surface area contributed by atoms with Crippen LogP contribution in [0.2, 0.25) is 0 Å². The van der Waals surface area contributed by atoms with E-state index >= 15 is 0 Å². The maximum atomic E-state index is 11.9. The molecule has 0 aliphatic carbocycles. The zero-order chi connectivity index (χ0) is 10.1. The van der Waals surface area contributed by atoms with Gasteiger partial charge in [-0.2, -0.15) is 13.3 Å². The van der Waals surface area contributed by atoms with Crippen molar-refractivity contribution in [3.05, 3.63) is 5.92 Å². The van der Waals surface area contributed by atoms with E-state index < -0.39 is 0 Å². The van der Waals surface area contributed by atoms with Crippen LogP contribution in [0, 0.1) is 11.3 Å². The Morgan fingerprint density at radius 2 is 1.93 bits per heavy atom. The van der Waals surface area contributed by atoms with E-state index in [-0.39, 0.29) is 28.7 Å². The Bertz CT molecular complexity index is 198. The van der Waals surface area contributed by atoms with Gasteiger partial charge in [-0.1, -0.05) is 27.2 Å². The molecule has 1 rings (SSSR count). The molecule has 14 heavy (non-hydrogen) atoms. The number of piperidine rings is 1. The molecule has 1 fully saturated rings. The van der Waals surface area contributed by atoms with Gasteiger partial charge in [-0.25, -0.2) is 0 Å². The van der Waals surface area contributed by atoms with E-state index in [9.17, 15) is 4.79 Å². The topological polar surface area (TPSA) is 20.3 Å². The van der Waals surface area contributed by atoms with Crippen molar-refractivity contribution >= 4 is 5.91 Å². The standard InChI is InChI=1S/C11H20NO.Cr/c1-9-6-5-7-12(8-9)10(13)11(2,3)4;/h5-8H2,1-4H3;/q-1;. The van der Waals surface area contributed by atoms with Crippen LogP contribution < -0.4 is 0 Å². The summed E-state index contributed by atoms with van der Waals surface area (Å²) >= 11 is 0. The van der Waals surface area contributed by atoms with Crippen molar-refractivity contribution in [1.29, 1.82) is 0 Å². The van der Waals surface area contributed by atoms with E-state index in [1.165, 1.54) is 12.3 Å². The number of hydrogen-bond acceptors (Lipinski definition) is 1. The SMILES string of the molecule is C[C-]1CCCN(C(=O)C(C)(C)C)C1.[Cr]. The fraction of sp³-hybridized carbons (Fsp3) is 0.818. The minimum Gasteiger partial charge on any atom is -0.372 e. The van der Waals surface area contributed by atoms with E-state index in [0.29, 0.717) is 0 Å². The van der Waals surface area contributed by atoms with Gasteiger partial charge in [0, 0.05) is 29.3 Å². The summed E-state index contributed by atoms with van der Waals surface area (Å²) in [6.07, 6.45) is 2.32. The Morgan fingerprint density at radius 3 is 2.36 bits per heavy atom. The molecule has 0 atom stereocenters. The third-order valence-electron chi connectivity index (χ3n) is 2.42. The molecule has 0 N–H and O–H groups in total. The maximum Gasteiger partial charge on any atom is 0.225 e. The second kappa shape index (κ2) is 5.19. The van der Waals surface area contributed by atoms with Gasteiger partial charge < -0.3 is 4.90 Å². The summed E-state index contributed by atoms with van der Waals surface area (Å²) in [5.74, 6) is 1.72. The van der Waals surface area contributed by atoms with Gasteiger partial charge in [-0.3, -0.25) is 10.7 Å². The molecule has 82 valence electrons. The van der Waals surface area contributed by atoms with Crippen molar-refractivity contribution in [2.45, 2.75) is 40.5 Å². The van der Waals surface area contributed by atoms with Crippen molar-refractivity contribution in [1.82, 2.24) is 4.90 Å². The zero-order valence-corrected chi connectivity index (χ0v) is 10.9. The Hall–Kier alpha value is 0.00247. The normalized spacial score (nSPS) is 19.0. The number of carbonyl (C=O) groups excluding carboxylic acids is 1. The maximum absolute atomic E-state index is 11.9. The Morgan fingerprint density at radius 1 is 1.36 bits per heavy atom. The minimum atomic E-state index is -0.225. The minimum absolute atomic E-state index is 0. The monoisotopic (exact) mass is 234 g/mol. The van der Waals surface area contributed by atoms with Crippen LogP contribution in [0.15, 0.2) is 0 Å². The van der Waals surface area contributed by atoms with Gasteiger partial charge >= 0.3 is 0 Å². The molecule has 0 aromatic carbocycles. The molecule has 1 saturated heterocycles. The van der Waals surface area contributed by atoms with E-state index in [0.717, 1.165) is 19.5 Å². The van der Waals surface area contributed by atoms with Crippen molar-refractivity contribution in [3.8, 4) is 0 Å². The summed E-state index contributed by atoms with van der Waals surface area (Å²) in [5.41, 5.74) is -0.225. The fourth-order valence-electron chi connectivity index (χ4n) is 1.70. The molecule has 1 amide bonds. The molecular weight excluding hydrogens is 214 g/mol. The average Bonchev–Trinajstić information content (AvgIpc) is 2.01. The zero-order valence-electron chi connectivity index (χ0n) is 9.59. The first-order chi connectivity index (χ1) is 5.91. The predicted octanol–water partition coefficient (Wildman–Crippen LogP) is 2.25. The first kappa shape index (κ1) is 14.0. The van der Waals surface area contributed by atoms with Gasteiger partial charge in [-0.15, -0.1) is 6.54 Å². The average molecular weight is 234 g/mol. The molecular formula is C11H20CrNO-. The van der Waals surface area contributed by atoms with E-state index in [1.54, 1.807) is 0 Å². The molecule has 0 aromatic rings. The number of nitrogens with zero attached hydrogens (tertiary/aromatic N) is 1. The summed E-state index contributed by atoms with van der Waals surface area (Å²) in [6.45, 7) is 9.91. The third kappa shape index (κ3) is 3.63. The van der Waals surface area contributed by atoms with Crippen LogP contribution in [-0.2, 0) is 22.2 Å². The second-order valence-corrected chi connectivity index (χ2v) is 5.04. The molecule has 0 aromatic heterocycles. The number of likely N-dealkylation sites (tertiary alicyclic amines) is 1. The second-order valence-electron chi connectivity index (χ2n) is 5.04. The Kier molecular flexibility index (Phi) is 5.19. The Labute approximate surface area is 98.2 Å². The van der Waals surface area contributed by atoms with Crippen LogP contribution in [0.1, 0.15) is 40.5 Å². The summed E-state index contributed by atoms with van der Waals surface area (Å²) < 4.78 is 0. The first-order valence-corrected chi connectivity index (χ1v) is 5.02. The summed E-state index contributed by atoms with van der Waals surface area (Å²) in [6, 6.07) is 0. The van der Waals surface area contributed by atoms with Gasteiger partial charge in [0.05, 0.1) is 0 Å². The van der Waals surface area contributed by atoms with E-state index in [4.69, 9.17) is 0 Å². The third-order valence-corrected chi connectivity index (χ3v) is 2.42. The molecule has 1 aliphatic rings. The molecule has 2 nitrogen and oxygen atoms in total. The molecule has 1 aliphatic heterocycles. The van der Waals surface area contributed by atoms with Crippen LogP contribution in [0.5, 0.6) is 0 Å². The number of rotatable bonds is 0. The quantitative estimate of drug-likeness (QED) is 0.589. The van der Waals surface area contributed by atoms with Crippen LogP contribution in [0.4, 0.5) is 0 Å². The predicted molar refractivity (Wildman–Crippen MR) is 54.2 cm³/mol. The van der Waals surface area contributed by atoms with Crippen LogP contribution >= 0.6 is 0 Å². The smallest absolute Gasteiger partial charge is 0.225 e. The molecule has 0 bridgehead atoms. The molecule has 3 heteroatoms.